The average molecular weight is 278 g/mol. The molecule has 1 nitrogen and oxygen atoms in total. The Balaban J connectivity index is 1.95. The van der Waals surface area contributed by atoms with E-state index in [9.17, 15) is 4.39 Å². The summed E-state index contributed by atoms with van der Waals surface area (Å²) in [6.45, 7) is 4.98. The highest BCUT2D eigenvalue weighted by Gasteiger charge is 2.22. The molecule has 1 aliphatic rings. The molecule has 20 heavy (non-hydrogen) atoms. The van der Waals surface area contributed by atoms with E-state index < -0.39 is 0 Å². The van der Waals surface area contributed by atoms with Crippen molar-refractivity contribution in [1.82, 2.24) is 0 Å². The van der Waals surface area contributed by atoms with Gasteiger partial charge in [0.15, 0.2) is 11.6 Å². The maximum absolute atomic E-state index is 14.1. The van der Waals surface area contributed by atoms with Crippen LogP contribution in [-0.4, -0.2) is 6.61 Å². The summed E-state index contributed by atoms with van der Waals surface area (Å²) in [6, 6.07) is 5.56. The fourth-order valence-corrected chi connectivity index (χ4v) is 3.12. The standard InChI is InChI=1S/C18H27FO/c1-3-5-12-20-18-11-10-16(13-17(18)19)15-8-6-14(4-2)7-9-15/h10-11,13-15H,3-9,12H2,1-2H3. The van der Waals surface area contributed by atoms with Gasteiger partial charge in [-0.25, -0.2) is 4.39 Å². The van der Waals surface area contributed by atoms with Crippen LogP contribution in [-0.2, 0) is 0 Å². The molecule has 0 bridgehead atoms. The second-order valence-corrected chi connectivity index (χ2v) is 6.02. The van der Waals surface area contributed by atoms with E-state index in [0.717, 1.165) is 24.3 Å². The number of ether oxygens (including phenoxy) is 1. The predicted molar refractivity (Wildman–Crippen MR) is 81.8 cm³/mol. The summed E-state index contributed by atoms with van der Waals surface area (Å²) in [7, 11) is 0. The number of hydrogen-bond donors (Lipinski definition) is 0. The Labute approximate surface area is 122 Å². The van der Waals surface area contributed by atoms with Crippen LogP contribution in [0, 0.1) is 11.7 Å². The Hall–Kier alpha value is -1.05. The summed E-state index contributed by atoms with van der Waals surface area (Å²) in [5, 5.41) is 0. The third-order valence-corrected chi connectivity index (χ3v) is 4.61. The van der Waals surface area contributed by atoms with Crippen molar-refractivity contribution < 1.29 is 9.13 Å². The first-order valence-electron chi connectivity index (χ1n) is 8.16. The van der Waals surface area contributed by atoms with Crippen LogP contribution in [0.3, 0.4) is 0 Å². The smallest absolute Gasteiger partial charge is 0.165 e. The second kappa shape index (κ2) is 7.66. The molecule has 1 aromatic rings. The van der Waals surface area contributed by atoms with Crippen LogP contribution >= 0.6 is 0 Å². The lowest BCUT2D eigenvalue weighted by Gasteiger charge is -2.28. The van der Waals surface area contributed by atoms with E-state index in [0.29, 0.717) is 18.3 Å². The van der Waals surface area contributed by atoms with Gasteiger partial charge in [0.25, 0.3) is 0 Å². The van der Waals surface area contributed by atoms with Crippen molar-refractivity contribution in [3.63, 3.8) is 0 Å². The lowest BCUT2D eigenvalue weighted by atomic mass is 9.78. The van der Waals surface area contributed by atoms with Crippen LogP contribution in [0.1, 0.15) is 70.3 Å². The molecular weight excluding hydrogens is 251 g/mol. The molecule has 0 amide bonds. The van der Waals surface area contributed by atoms with Crippen molar-refractivity contribution in [3.8, 4) is 5.75 Å². The van der Waals surface area contributed by atoms with E-state index in [1.54, 1.807) is 6.07 Å². The van der Waals surface area contributed by atoms with Crippen LogP contribution in [0.4, 0.5) is 4.39 Å². The Morgan fingerprint density at radius 1 is 1.15 bits per heavy atom. The highest BCUT2D eigenvalue weighted by molar-refractivity contribution is 5.31. The molecule has 0 spiro atoms. The molecule has 0 aliphatic heterocycles. The van der Waals surface area contributed by atoms with Gasteiger partial charge in [-0.05, 0) is 61.6 Å². The lowest BCUT2D eigenvalue weighted by molar-refractivity contribution is 0.292. The van der Waals surface area contributed by atoms with Gasteiger partial charge < -0.3 is 4.74 Å². The molecule has 1 fully saturated rings. The topological polar surface area (TPSA) is 9.23 Å². The van der Waals surface area contributed by atoms with Gasteiger partial charge in [0, 0.05) is 0 Å². The number of unbranched alkanes of at least 4 members (excludes halogenated alkanes) is 1. The summed E-state index contributed by atoms with van der Waals surface area (Å²) in [5.41, 5.74) is 1.15. The highest BCUT2D eigenvalue weighted by atomic mass is 19.1. The highest BCUT2D eigenvalue weighted by Crippen LogP contribution is 2.37. The summed E-state index contributed by atoms with van der Waals surface area (Å²) in [4.78, 5) is 0. The minimum absolute atomic E-state index is 0.198. The fraction of sp³-hybridized carbons (Fsp3) is 0.667. The minimum Gasteiger partial charge on any atom is -0.491 e. The molecule has 0 atom stereocenters. The number of halogens is 1. The molecule has 2 rings (SSSR count). The Morgan fingerprint density at radius 2 is 1.90 bits per heavy atom. The first kappa shape index (κ1) is 15.3. The van der Waals surface area contributed by atoms with Gasteiger partial charge in [-0.15, -0.1) is 0 Å². The van der Waals surface area contributed by atoms with Gasteiger partial charge in [0.2, 0.25) is 0 Å². The van der Waals surface area contributed by atoms with Gasteiger partial charge in [0.05, 0.1) is 6.61 Å². The molecule has 2 heteroatoms. The van der Waals surface area contributed by atoms with Crippen molar-refractivity contribution in [2.75, 3.05) is 6.61 Å². The maximum atomic E-state index is 14.1. The normalized spacial score (nSPS) is 22.8. The van der Waals surface area contributed by atoms with E-state index in [1.165, 1.54) is 32.1 Å². The molecule has 112 valence electrons. The van der Waals surface area contributed by atoms with E-state index in [-0.39, 0.29) is 5.82 Å². The molecule has 0 radical (unpaired) electrons. The minimum atomic E-state index is -0.198. The fourth-order valence-electron chi connectivity index (χ4n) is 3.12. The van der Waals surface area contributed by atoms with E-state index in [1.807, 2.05) is 6.07 Å². The van der Waals surface area contributed by atoms with E-state index in [4.69, 9.17) is 4.74 Å². The van der Waals surface area contributed by atoms with Gasteiger partial charge in [0.1, 0.15) is 0 Å². The van der Waals surface area contributed by atoms with Crippen molar-refractivity contribution in [2.45, 2.75) is 64.7 Å². The maximum Gasteiger partial charge on any atom is 0.165 e. The first-order chi connectivity index (χ1) is 9.74. The Kier molecular flexibility index (Phi) is 5.87. The van der Waals surface area contributed by atoms with Crippen LogP contribution in [0.15, 0.2) is 18.2 Å². The average Bonchev–Trinajstić information content (AvgIpc) is 2.49. The zero-order valence-corrected chi connectivity index (χ0v) is 12.8. The van der Waals surface area contributed by atoms with Crippen molar-refractivity contribution in [1.29, 1.82) is 0 Å². The number of rotatable bonds is 6. The molecule has 1 aliphatic carbocycles. The zero-order valence-electron chi connectivity index (χ0n) is 12.8. The monoisotopic (exact) mass is 278 g/mol. The second-order valence-electron chi connectivity index (χ2n) is 6.02. The molecular formula is C18H27FO. The van der Waals surface area contributed by atoms with Crippen molar-refractivity contribution >= 4 is 0 Å². The summed E-state index contributed by atoms with van der Waals surface area (Å²) >= 11 is 0. The zero-order chi connectivity index (χ0) is 14.4. The number of hydrogen-bond acceptors (Lipinski definition) is 1. The van der Waals surface area contributed by atoms with Gasteiger partial charge >= 0.3 is 0 Å². The molecule has 0 unspecified atom stereocenters. The van der Waals surface area contributed by atoms with Gasteiger partial charge in [-0.3, -0.25) is 0 Å². The number of benzene rings is 1. The summed E-state index contributed by atoms with van der Waals surface area (Å²) in [5.74, 6) is 1.63. The van der Waals surface area contributed by atoms with Crippen LogP contribution < -0.4 is 4.74 Å². The quantitative estimate of drug-likeness (QED) is 0.607. The van der Waals surface area contributed by atoms with Gasteiger partial charge in [-0.2, -0.15) is 0 Å². The Bertz CT molecular complexity index is 408. The van der Waals surface area contributed by atoms with Crippen LogP contribution in [0.25, 0.3) is 0 Å². The third-order valence-electron chi connectivity index (χ3n) is 4.61. The molecule has 1 aromatic carbocycles. The Morgan fingerprint density at radius 3 is 2.50 bits per heavy atom. The largest absolute Gasteiger partial charge is 0.491 e. The van der Waals surface area contributed by atoms with Crippen LogP contribution in [0.5, 0.6) is 5.75 Å². The van der Waals surface area contributed by atoms with E-state index in [2.05, 4.69) is 19.9 Å². The van der Waals surface area contributed by atoms with E-state index >= 15 is 0 Å². The predicted octanol–water partition coefficient (Wildman–Crippen LogP) is 5.69. The molecule has 0 aromatic heterocycles. The van der Waals surface area contributed by atoms with Crippen molar-refractivity contribution in [3.05, 3.63) is 29.6 Å². The third kappa shape index (κ3) is 3.97. The molecule has 0 saturated heterocycles. The molecule has 0 heterocycles. The van der Waals surface area contributed by atoms with Crippen molar-refractivity contribution in [2.24, 2.45) is 5.92 Å². The SMILES string of the molecule is CCCCOc1ccc(C2CCC(CC)CC2)cc1F. The van der Waals surface area contributed by atoms with Gasteiger partial charge in [-0.1, -0.05) is 32.8 Å². The molecule has 1 saturated carbocycles. The lowest BCUT2D eigenvalue weighted by Crippen LogP contribution is -2.12. The first-order valence-corrected chi connectivity index (χ1v) is 8.16. The molecule has 0 N–H and O–H groups in total. The summed E-state index contributed by atoms with van der Waals surface area (Å²) < 4.78 is 19.5. The summed E-state index contributed by atoms with van der Waals surface area (Å²) in [6.07, 6.45) is 8.31. The van der Waals surface area contributed by atoms with Crippen LogP contribution in [0.2, 0.25) is 0 Å².